The van der Waals surface area contributed by atoms with Gasteiger partial charge in [0.2, 0.25) is 5.88 Å². The number of hydrogen-bond donors (Lipinski definition) is 0. The van der Waals surface area contributed by atoms with E-state index in [1.54, 1.807) is 25.4 Å². The lowest BCUT2D eigenvalue weighted by atomic mass is 10.4. The molecule has 0 amide bonds. The summed E-state index contributed by atoms with van der Waals surface area (Å²) in [5, 5.41) is 2.25. The minimum absolute atomic E-state index is 0. The van der Waals surface area contributed by atoms with Crippen LogP contribution in [-0.4, -0.2) is 17.3 Å². The van der Waals surface area contributed by atoms with E-state index < -0.39 is 0 Å². The lowest BCUT2D eigenvalue weighted by Crippen LogP contribution is -1.84. The van der Waals surface area contributed by atoms with Crippen molar-refractivity contribution in [1.82, 2.24) is 4.98 Å². The molecule has 0 radical (unpaired) electrons. The minimum atomic E-state index is 0. The highest BCUT2D eigenvalue weighted by atomic mass is 35.5. The Balaban J connectivity index is 0.00000121. The van der Waals surface area contributed by atoms with Crippen LogP contribution in [0, 0.1) is 0 Å². The maximum atomic E-state index is 4.85. The van der Waals surface area contributed by atoms with Gasteiger partial charge >= 0.3 is 0 Å². The minimum Gasteiger partial charge on any atom is -0.481 e. The number of thiocarbonyl (C=S) groups is 1. The monoisotopic (exact) mass is 202 g/mol. The van der Waals surface area contributed by atoms with Crippen molar-refractivity contribution in [3.63, 3.8) is 0 Å². The highest BCUT2D eigenvalue weighted by Crippen LogP contribution is 2.12. The molecule has 0 N–H and O–H groups in total. The second kappa shape index (κ2) is 5.66. The summed E-state index contributed by atoms with van der Waals surface area (Å²) in [6, 6.07) is 3.47. The van der Waals surface area contributed by atoms with Crippen LogP contribution in [0.2, 0.25) is 0 Å². The number of pyridine rings is 1. The maximum absolute atomic E-state index is 4.85. The summed E-state index contributed by atoms with van der Waals surface area (Å²) in [4.78, 5) is 7.64. The van der Waals surface area contributed by atoms with Crippen molar-refractivity contribution in [1.29, 1.82) is 0 Å². The fourth-order valence-corrected chi connectivity index (χ4v) is 0.717. The van der Waals surface area contributed by atoms with Gasteiger partial charge in [-0.15, -0.1) is 12.4 Å². The maximum Gasteiger partial charge on any atom is 0.213 e. The number of hydrogen-bond acceptors (Lipinski definition) is 4. The largest absolute Gasteiger partial charge is 0.481 e. The van der Waals surface area contributed by atoms with Gasteiger partial charge in [-0.05, 0) is 18.3 Å². The highest BCUT2D eigenvalue weighted by molar-refractivity contribution is 7.78. The fraction of sp³-hybridized carbons (Fsp3) is 0.143. The van der Waals surface area contributed by atoms with Crippen molar-refractivity contribution in [2.45, 2.75) is 0 Å². The second-order valence-corrected chi connectivity index (χ2v) is 1.94. The molecule has 1 heterocycles. The number of halogens is 1. The first-order chi connectivity index (χ1) is 5.36. The fourth-order valence-electron chi connectivity index (χ4n) is 0.612. The number of isothiocyanates is 1. The molecule has 64 valence electrons. The van der Waals surface area contributed by atoms with Gasteiger partial charge in [0.05, 0.1) is 24.2 Å². The molecule has 12 heavy (non-hydrogen) atoms. The van der Waals surface area contributed by atoms with E-state index in [1.807, 2.05) is 0 Å². The number of rotatable bonds is 2. The molecule has 1 aromatic heterocycles. The lowest BCUT2D eigenvalue weighted by molar-refractivity contribution is 0.398. The molecule has 0 spiro atoms. The number of ether oxygens (including phenoxy) is 1. The quantitative estimate of drug-likeness (QED) is 0.545. The Morgan fingerprint density at radius 1 is 1.58 bits per heavy atom. The molecule has 0 aliphatic rings. The van der Waals surface area contributed by atoms with E-state index in [2.05, 4.69) is 27.4 Å². The molecule has 1 aromatic rings. The first-order valence-electron chi connectivity index (χ1n) is 2.94. The summed E-state index contributed by atoms with van der Waals surface area (Å²) >= 11 is 4.42. The number of nitrogens with zero attached hydrogens (tertiary/aromatic N) is 2. The number of aliphatic imine (C=N–C) groups is 1. The van der Waals surface area contributed by atoms with Crippen LogP contribution in [0.4, 0.5) is 5.69 Å². The van der Waals surface area contributed by atoms with Crippen LogP contribution in [0.3, 0.4) is 0 Å². The van der Waals surface area contributed by atoms with Gasteiger partial charge in [0.15, 0.2) is 0 Å². The molecule has 0 aliphatic heterocycles. The summed E-state index contributed by atoms with van der Waals surface area (Å²) in [5.74, 6) is 0.563. The van der Waals surface area contributed by atoms with Crippen molar-refractivity contribution >= 4 is 35.5 Å². The molecule has 0 aliphatic carbocycles. The average Bonchev–Trinajstić information content (AvgIpc) is 2.07. The molecule has 0 unspecified atom stereocenters. The smallest absolute Gasteiger partial charge is 0.213 e. The van der Waals surface area contributed by atoms with E-state index in [9.17, 15) is 0 Å². The number of aromatic nitrogens is 1. The zero-order valence-electron chi connectivity index (χ0n) is 6.35. The van der Waals surface area contributed by atoms with Crippen molar-refractivity contribution in [2.75, 3.05) is 7.11 Å². The van der Waals surface area contributed by atoms with Crippen LogP contribution in [0.1, 0.15) is 0 Å². The Bertz CT molecular complexity index is 282. The standard InChI is InChI=1S/C7H6N2OS.ClH/c1-10-7-3-2-6(4-8-7)9-5-11;/h2-4H,1H3;1H. The zero-order valence-corrected chi connectivity index (χ0v) is 7.98. The molecule has 0 bridgehead atoms. The van der Waals surface area contributed by atoms with E-state index in [0.717, 1.165) is 0 Å². The predicted octanol–water partition coefficient (Wildman–Crippen LogP) is 2.25. The zero-order chi connectivity index (χ0) is 8.10. The van der Waals surface area contributed by atoms with Crippen LogP contribution in [0.15, 0.2) is 23.3 Å². The van der Waals surface area contributed by atoms with Crippen molar-refractivity contribution in [3.8, 4) is 5.88 Å². The Labute approximate surface area is 81.9 Å². The van der Waals surface area contributed by atoms with Gasteiger partial charge < -0.3 is 4.74 Å². The van der Waals surface area contributed by atoms with Crippen LogP contribution < -0.4 is 4.74 Å². The highest BCUT2D eigenvalue weighted by Gasteiger charge is 1.90. The molecule has 0 saturated carbocycles. The molecule has 5 heteroatoms. The normalized spacial score (nSPS) is 7.75. The molecular weight excluding hydrogens is 196 g/mol. The first-order valence-corrected chi connectivity index (χ1v) is 3.35. The second-order valence-electron chi connectivity index (χ2n) is 1.76. The van der Waals surface area contributed by atoms with Gasteiger partial charge in [0.25, 0.3) is 0 Å². The molecular formula is C7H7ClN2OS. The van der Waals surface area contributed by atoms with Gasteiger partial charge in [-0.25, -0.2) is 4.98 Å². The van der Waals surface area contributed by atoms with E-state index >= 15 is 0 Å². The Hall–Kier alpha value is -0.960. The summed E-state index contributed by atoms with van der Waals surface area (Å²) in [6.07, 6.45) is 1.57. The van der Waals surface area contributed by atoms with Gasteiger partial charge in [-0.2, -0.15) is 4.99 Å². The lowest BCUT2D eigenvalue weighted by Gasteiger charge is -1.95. The van der Waals surface area contributed by atoms with E-state index in [1.165, 1.54) is 0 Å². The van der Waals surface area contributed by atoms with E-state index in [-0.39, 0.29) is 12.4 Å². The molecule has 0 saturated heterocycles. The van der Waals surface area contributed by atoms with Gasteiger partial charge in [-0.3, -0.25) is 0 Å². The van der Waals surface area contributed by atoms with Crippen molar-refractivity contribution < 1.29 is 4.74 Å². The summed E-state index contributed by atoms with van der Waals surface area (Å²) < 4.78 is 4.85. The van der Waals surface area contributed by atoms with Crippen molar-refractivity contribution in [3.05, 3.63) is 18.3 Å². The van der Waals surface area contributed by atoms with Crippen molar-refractivity contribution in [2.24, 2.45) is 4.99 Å². The Kier molecular flexibility index (Phi) is 5.21. The molecule has 0 atom stereocenters. The van der Waals surface area contributed by atoms with Crippen LogP contribution >= 0.6 is 24.6 Å². The summed E-state index contributed by atoms with van der Waals surface area (Å²) in [6.45, 7) is 0. The third-order valence-corrected chi connectivity index (χ3v) is 1.20. The van der Waals surface area contributed by atoms with E-state index in [4.69, 9.17) is 4.74 Å². The molecule has 0 fully saturated rings. The third kappa shape index (κ3) is 2.96. The SMILES string of the molecule is COc1ccc(N=C=S)cn1.Cl. The van der Waals surface area contributed by atoms with Crippen LogP contribution in [0.5, 0.6) is 5.88 Å². The first kappa shape index (κ1) is 11.0. The van der Waals surface area contributed by atoms with E-state index in [0.29, 0.717) is 11.6 Å². The number of methoxy groups -OCH3 is 1. The molecule has 1 rings (SSSR count). The third-order valence-electron chi connectivity index (χ3n) is 1.10. The Morgan fingerprint density at radius 2 is 2.33 bits per heavy atom. The Morgan fingerprint density at radius 3 is 2.75 bits per heavy atom. The summed E-state index contributed by atoms with van der Waals surface area (Å²) in [5.41, 5.74) is 0.681. The molecule has 0 aromatic carbocycles. The van der Waals surface area contributed by atoms with Crippen LogP contribution in [-0.2, 0) is 0 Å². The van der Waals surface area contributed by atoms with Gasteiger partial charge in [-0.1, -0.05) is 0 Å². The summed E-state index contributed by atoms with van der Waals surface area (Å²) in [7, 11) is 1.56. The van der Waals surface area contributed by atoms with Gasteiger partial charge in [0, 0.05) is 6.07 Å². The van der Waals surface area contributed by atoms with Gasteiger partial charge in [0.1, 0.15) is 0 Å². The molecule has 3 nitrogen and oxygen atoms in total. The van der Waals surface area contributed by atoms with Crippen LogP contribution in [0.25, 0.3) is 0 Å². The average molecular weight is 203 g/mol. The predicted molar refractivity (Wildman–Crippen MR) is 52.7 cm³/mol. The topological polar surface area (TPSA) is 34.5 Å².